The molecule has 0 atom stereocenters. The van der Waals surface area contributed by atoms with E-state index in [4.69, 9.17) is 4.74 Å². The maximum atomic E-state index is 12.5. The maximum Gasteiger partial charge on any atom is 0.198 e. The minimum Gasteiger partial charge on any atom is -0.507 e. The van der Waals surface area contributed by atoms with Gasteiger partial charge in [0, 0.05) is 16.7 Å². The number of carbonyl (C=O) groups excluding carboxylic acids is 2. The third-order valence-corrected chi connectivity index (χ3v) is 3.66. The Hall–Kier alpha value is -2.82. The zero-order valence-corrected chi connectivity index (χ0v) is 11.4. The quantitative estimate of drug-likeness (QED) is 0.715. The first-order valence-corrected chi connectivity index (χ1v) is 6.28. The number of carbonyl (C=O) groups is 2. The molecule has 1 aliphatic carbocycles. The van der Waals surface area contributed by atoms with Crippen LogP contribution in [0.3, 0.4) is 0 Å². The van der Waals surface area contributed by atoms with Crippen molar-refractivity contribution in [1.29, 1.82) is 0 Å². The molecular formula is C16H12O5. The Labute approximate surface area is 120 Å². The summed E-state index contributed by atoms with van der Waals surface area (Å²) >= 11 is 0. The molecule has 2 N–H and O–H groups in total. The predicted octanol–water partition coefficient (Wildman–Crippen LogP) is 2.19. The average molecular weight is 284 g/mol. The number of hydrogen-bond acceptors (Lipinski definition) is 5. The van der Waals surface area contributed by atoms with E-state index in [9.17, 15) is 19.8 Å². The summed E-state index contributed by atoms with van der Waals surface area (Å²) in [5, 5.41) is 19.9. The Morgan fingerprint density at radius 3 is 2.29 bits per heavy atom. The minimum absolute atomic E-state index is 0.0166. The maximum absolute atomic E-state index is 12.5. The highest BCUT2D eigenvalue weighted by molar-refractivity contribution is 6.29. The fourth-order valence-electron chi connectivity index (χ4n) is 2.50. The number of ether oxygens (including phenoxy) is 1. The highest BCUT2D eigenvalue weighted by Crippen LogP contribution is 2.38. The molecule has 0 aromatic heterocycles. The smallest absolute Gasteiger partial charge is 0.198 e. The lowest BCUT2D eigenvalue weighted by atomic mass is 9.82. The lowest BCUT2D eigenvalue weighted by Gasteiger charge is -2.20. The van der Waals surface area contributed by atoms with E-state index in [0.29, 0.717) is 5.56 Å². The first kappa shape index (κ1) is 13.2. The largest absolute Gasteiger partial charge is 0.507 e. The van der Waals surface area contributed by atoms with Crippen LogP contribution in [-0.4, -0.2) is 28.9 Å². The monoisotopic (exact) mass is 284 g/mol. The van der Waals surface area contributed by atoms with Crippen molar-refractivity contribution in [1.82, 2.24) is 0 Å². The molecule has 3 rings (SSSR count). The second-order valence-electron chi connectivity index (χ2n) is 4.88. The lowest BCUT2D eigenvalue weighted by Crippen LogP contribution is -2.21. The number of phenolic OH excluding ortho intramolecular Hbond substituents is 2. The molecule has 0 unspecified atom stereocenters. The number of aryl methyl sites for hydroxylation is 1. The molecule has 0 spiro atoms. The molecule has 0 bridgehead atoms. The van der Waals surface area contributed by atoms with Gasteiger partial charge in [0.2, 0.25) is 0 Å². The number of methoxy groups -OCH3 is 1. The van der Waals surface area contributed by atoms with E-state index >= 15 is 0 Å². The van der Waals surface area contributed by atoms with Gasteiger partial charge in [-0.25, -0.2) is 0 Å². The van der Waals surface area contributed by atoms with Crippen LogP contribution < -0.4 is 4.74 Å². The van der Waals surface area contributed by atoms with Gasteiger partial charge in [-0.3, -0.25) is 9.59 Å². The Bertz CT molecular complexity index is 805. The number of fused-ring (bicyclic) bond motifs is 2. The van der Waals surface area contributed by atoms with Crippen LogP contribution in [-0.2, 0) is 0 Å². The van der Waals surface area contributed by atoms with Crippen molar-refractivity contribution in [3.63, 3.8) is 0 Å². The van der Waals surface area contributed by atoms with Crippen LogP contribution in [0.5, 0.6) is 17.2 Å². The standard InChI is InChI=1S/C16H12O5/c1-7-3-4-8-13(14(7)18)16(20)9-5-11(17)12(21-2)6-10(9)15(8)19/h3-6,17-18H,1-2H3. The van der Waals surface area contributed by atoms with Gasteiger partial charge in [0.1, 0.15) is 5.75 Å². The second-order valence-corrected chi connectivity index (χ2v) is 4.88. The average Bonchev–Trinajstić information content (AvgIpc) is 2.47. The molecule has 0 fully saturated rings. The minimum atomic E-state index is -0.487. The van der Waals surface area contributed by atoms with Crippen LogP contribution in [0, 0.1) is 6.92 Å². The Morgan fingerprint density at radius 2 is 1.62 bits per heavy atom. The highest BCUT2D eigenvalue weighted by atomic mass is 16.5. The predicted molar refractivity (Wildman–Crippen MR) is 74.4 cm³/mol. The van der Waals surface area contributed by atoms with Crippen LogP contribution in [0.4, 0.5) is 0 Å². The molecule has 0 heterocycles. The molecule has 2 aromatic rings. The molecule has 0 saturated carbocycles. The van der Waals surface area contributed by atoms with Crippen LogP contribution in [0.2, 0.25) is 0 Å². The number of phenols is 2. The summed E-state index contributed by atoms with van der Waals surface area (Å²) in [6.07, 6.45) is 0. The van der Waals surface area contributed by atoms with Gasteiger partial charge in [-0.15, -0.1) is 0 Å². The SMILES string of the molecule is COc1cc2c(cc1O)C(=O)c1c(ccc(C)c1O)C2=O. The van der Waals surface area contributed by atoms with Crippen molar-refractivity contribution < 1.29 is 24.5 Å². The Kier molecular flexibility index (Phi) is 2.73. The van der Waals surface area contributed by atoms with Gasteiger partial charge in [-0.05, 0) is 30.7 Å². The number of hydrogen-bond donors (Lipinski definition) is 2. The lowest BCUT2D eigenvalue weighted by molar-refractivity contribution is 0.0976. The molecule has 1 aliphatic rings. The van der Waals surface area contributed by atoms with E-state index in [1.807, 2.05) is 0 Å². The molecule has 5 nitrogen and oxygen atoms in total. The molecule has 5 heteroatoms. The summed E-state index contributed by atoms with van der Waals surface area (Å²) in [5.41, 5.74) is 0.869. The molecule has 0 aliphatic heterocycles. The van der Waals surface area contributed by atoms with Gasteiger partial charge in [-0.1, -0.05) is 6.07 Å². The molecular weight excluding hydrogens is 272 g/mol. The number of ketones is 2. The first-order chi connectivity index (χ1) is 9.95. The van der Waals surface area contributed by atoms with Crippen molar-refractivity contribution >= 4 is 11.6 Å². The van der Waals surface area contributed by atoms with Crippen molar-refractivity contribution in [2.24, 2.45) is 0 Å². The van der Waals surface area contributed by atoms with Gasteiger partial charge >= 0.3 is 0 Å². The van der Waals surface area contributed by atoms with Gasteiger partial charge < -0.3 is 14.9 Å². The number of aromatic hydroxyl groups is 2. The zero-order chi connectivity index (χ0) is 15.3. The highest BCUT2D eigenvalue weighted by Gasteiger charge is 2.33. The van der Waals surface area contributed by atoms with E-state index in [2.05, 4.69) is 0 Å². The molecule has 0 saturated heterocycles. The molecule has 0 radical (unpaired) electrons. The van der Waals surface area contributed by atoms with Gasteiger partial charge in [-0.2, -0.15) is 0 Å². The fraction of sp³-hybridized carbons (Fsp3) is 0.125. The van der Waals surface area contributed by atoms with E-state index in [-0.39, 0.29) is 45.3 Å². The number of benzene rings is 2. The van der Waals surface area contributed by atoms with Crippen molar-refractivity contribution in [2.45, 2.75) is 6.92 Å². The van der Waals surface area contributed by atoms with E-state index in [0.717, 1.165) is 0 Å². The molecule has 2 aromatic carbocycles. The fourth-order valence-corrected chi connectivity index (χ4v) is 2.50. The third-order valence-electron chi connectivity index (χ3n) is 3.66. The van der Waals surface area contributed by atoms with Crippen molar-refractivity contribution in [2.75, 3.05) is 7.11 Å². The van der Waals surface area contributed by atoms with Crippen LogP contribution >= 0.6 is 0 Å². The zero-order valence-electron chi connectivity index (χ0n) is 11.4. The van der Waals surface area contributed by atoms with Crippen molar-refractivity contribution in [3.05, 3.63) is 52.1 Å². The van der Waals surface area contributed by atoms with Crippen LogP contribution in [0.1, 0.15) is 37.4 Å². The summed E-state index contributed by atoms with van der Waals surface area (Å²) in [4.78, 5) is 25.0. The van der Waals surface area contributed by atoms with Crippen molar-refractivity contribution in [3.8, 4) is 17.2 Å². The van der Waals surface area contributed by atoms with E-state index < -0.39 is 5.78 Å². The normalized spacial score (nSPS) is 12.9. The summed E-state index contributed by atoms with van der Waals surface area (Å²) in [5.74, 6) is -1.18. The summed E-state index contributed by atoms with van der Waals surface area (Å²) in [6.45, 7) is 1.65. The van der Waals surface area contributed by atoms with Crippen LogP contribution in [0.25, 0.3) is 0 Å². The topological polar surface area (TPSA) is 83.8 Å². The summed E-state index contributed by atoms with van der Waals surface area (Å²) in [6, 6.07) is 5.64. The van der Waals surface area contributed by atoms with Crippen LogP contribution in [0.15, 0.2) is 24.3 Å². The first-order valence-electron chi connectivity index (χ1n) is 6.28. The van der Waals surface area contributed by atoms with Gasteiger partial charge in [0.05, 0.1) is 12.7 Å². The number of rotatable bonds is 1. The van der Waals surface area contributed by atoms with E-state index in [1.54, 1.807) is 13.0 Å². The van der Waals surface area contributed by atoms with Gasteiger partial charge in [0.25, 0.3) is 0 Å². The summed E-state index contributed by atoms with van der Waals surface area (Å²) in [7, 11) is 1.36. The molecule has 0 amide bonds. The molecule has 106 valence electrons. The second kappa shape index (κ2) is 4.34. The Morgan fingerprint density at radius 1 is 0.952 bits per heavy atom. The summed E-state index contributed by atoms with van der Waals surface area (Å²) < 4.78 is 4.96. The van der Waals surface area contributed by atoms with E-state index in [1.165, 1.54) is 25.3 Å². The Balaban J connectivity index is 2.33. The molecule has 21 heavy (non-hydrogen) atoms. The van der Waals surface area contributed by atoms with Gasteiger partial charge in [0.15, 0.2) is 23.1 Å². The third kappa shape index (κ3) is 1.71.